The number of carboxylic acid groups (broad SMARTS) is 1. The van der Waals surface area contributed by atoms with E-state index in [1.165, 1.54) is 0 Å². The number of carboxylic acids is 1. The van der Waals surface area contributed by atoms with Crippen molar-refractivity contribution >= 4 is 14.5 Å². The third kappa shape index (κ3) is 6.33. The molecule has 0 saturated carbocycles. The van der Waals surface area contributed by atoms with Crippen LogP contribution in [0.4, 0.5) is 0 Å². The van der Waals surface area contributed by atoms with Gasteiger partial charge in [0.05, 0.1) is 0 Å². The molecule has 0 amide bonds. The van der Waals surface area contributed by atoms with E-state index in [0.717, 1.165) is 24.9 Å². The lowest BCUT2D eigenvalue weighted by Crippen LogP contribution is -2.41. The highest BCUT2D eigenvalue weighted by molar-refractivity contribution is 6.67. The van der Waals surface area contributed by atoms with Crippen molar-refractivity contribution in [1.29, 1.82) is 0 Å². The predicted octanol–water partition coefficient (Wildman–Crippen LogP) is 3.33. The van der Waals surface area contributed by atoms with Crippen molar-refractivity contribution in [2.45, 2.75) is 52.6 Å². The van der Waals surface area contributed by atoms with Crippen LogP contribution in [0.2, 0.25) is 12.1 Å². The minimum absolute atomic E-state index is 0.409. The van der Waals surface area contributed by atoms with Crippen LogP contribution in [-0.4, -0.2) is 32.9 Å². The number of unbranched alkanes of at least 4 members (excludes halogenated alkanes) is 1. The summed E-state index contributed by atoms with van der Waals surface area (Å²) >= 11 is 0. The molecule has 0 aliphatic rings. The second kappa shape index (κ2) is 9.30. The summed E-state index contributed by atoms with van der Waals surface area (Å²) in [6, 6.07) is 1.87. The summed E-state index contributed by atoms with van der Waals surface area (Å²) in [6.07, 6.45) is 3.47. The summed E-state index contributed by atoms with van der Waals surface area (Å²) in [7, 11) is -2.05. The monoisotopic (exact) mass is 274 g/mol. The average Bonchev–Trinajstić information content (AvgIpc) is 2.34. The van der Waals surface area contributed by atoms with Crippen LogP contribution in [0.5, 0.6) is 0 Å². The topological polar surface area (TPSA) is 55.8 Å². The van der Waals surface area contributed by atoms with E-state index in [4.69, 9.17) is 14.0 Å². The lowest BCUT2D eigenvalue weighted by molar-refractivity contribution is -0.132. The molecule has 5 heteroatoms. The second-order valence-corrected chi connectivity index (χ2v) is 7.82. The lowest BCUT2D eigenvalue weighted by atomic mass is 10.2. The number of hydrogen-bond acceptors (Lipinski definition) is 3. The van der Waals surface area contributed by atoms with Gasteiger partial charge in [-0.15, -0.1) is 0 Å². The molecular weight excluding hydrogens is 248 g/mol. The Bertz CT molecular complexity index is 270. The number of hydrogen-bond donors (Lipinski definition) is 1. The Morgan fingerprint density at radius 1 is 1.22 bits per heavy atom. The van der Waals surface area contributed by atoms with Gasteiger partial charge in [-0.2, -0.15) is 0 Å². The van der Waals surface area contributed by atoms with E-state index in [2.05, 4.69) is 6.92 Å². The smallest absolute Gasteiger partial charge is 0.337 e. The highest BCUT2D eigenvalue weighted by atomic mass is 28.4. The minimum atomic E-state index is -2.05. The van der Waals surface area contributed by atoms with Gasteiger partial charge in [-0.3, -0.25) is 0 Å². The maximum absolute atomic E-state index is 10.6. The van der Waals surface area contributed by atoms with E-state index >= 15 is 0 Å². The van der Waals surface area contributed by atoms with Gasteiger partial charge in [0.2, 0.25) is 0 Å². The highest BCUT2D eigenvalue weighted by Crippen LogP contribution is 2.22. The Morgan fingerprint density at radius 3 is 2.17 bits per heavy atom. The molecule has 0 saturated heterocycles. The molecule has 0 heterocycles. The van der Waals surface area contributed by atoms with Crippen molar-refractivity contribution in [2.75, 3.05) is 13.2 Å². The van der Waals surface area contributed by atoms with Crippen LogP contribution in [-0.2, 0) is 13.6 Å². The standard InChI is InChI=1S/C13H26O4Si/c1-5-16-18(7-3,17-6-2)11-9-8-10-12(4)13(14)15/h10H,5-9,11H2,1-4H3,(H,14,15). The third-order valence-corrected chi connectivity index (χ3v) is 6.73. The van der Waals surface area contributed by atoms with E-state index in [0.29, 0.717) is 18.8 Å². The molecule has 0 radical (unpaired) electrons. The molecular formula is C13H26O4Si. The van der Waals surface area contributed by atoms with Gasteiger partial charge < -0.3 is 14.0 Å². The molecule has 0 aromatic carbocycles. The highest BCUT2D eigenvalue weighted by Gasteiger charge is 2.33. The Morgan fingerprint density at radius 2 is 1.78 bits per heavy atom. The summed E-state index contributed by atoms with van der Waals surface area (Å²) in [5.74, 6) is -0.844. The van der Waals surface area contributed by atoms with E-state index < -0.39 is 14.5 Å². The van der Waals surface area contributed by atoms with Crippen LogP contribution in [0.15, 0.2) is 11.6 Å². The van der Waals surface area contributed by atoms with Crippen molar-refractivity contribution in [3.05, 3.63) is 11.6 Å². The number of aliphatic carboxylic acids is 1. The van der Waals surface area contributed by atoms with Gasteiger partial charge in [-0.25, -0.2) is 4.79 Å². The summed E-state index contributed by atoms with van der Waals surface area (Å²) < 4.78 is 11.7. The average molecular weight is 274 g/mol. The molecule has 0 rings (SSSR count). The Balaban J connectivity index is 4.26. The quantitative estimate of drug-likeness (QED) is 0.377. The molecule has 0 fully saturated rings. The molecule has 0 spiro atoms. The van der Waals surface area contributed by atoms with Gasteiger partial charge in [-0.1, -0.05) is 13.0 Å². The molecule has 0 unspecified atom stereocenters. The normalized spacial score (nSPS) is 12.8. The SMILES string of the molecule is CCO[Si](CC)(CCCC=C(C)C(=O)O)OCC. The fraction of sp³-hybridized carbons (Fsp3) is 0.769. The van der Waals surface area contributed by atoms with Gasteiger partial charge in [0.25, 0.3) is 0 Å². The van der Waals surface area contributed by atoms with Crippen LogP contribution >= 0.6 is 0 Å². The molecule has 1 N–H and O–H groups in total. The molecule has 18 heavy (non-hydrogen) atoms. The fourth-order valence-corrected chi connectivity index (χ4v) is 4.80. The first-order chi connectivity index (χ1) is 8.51. The Kier molecular flexibility index (Phi) is 8.96. The molecule has 0 aliphatic carbocycles. The molecule has 0 aliphatic heterocycles. The molecule has 4 nitrogen and oxygen atoms in total. The van der Waals surface area contributed by atoms with Gasteiger partial charge in [-0.05, 0) is 45.7 Å². The zero-order chi connectivity index (χ0) is 14.0. The van der Waals surface area contributed by atoms with Gasteiger partial charge in [0, 0.05) is 18.8 Å². The first kappa shape index (κ1) is 17.3. The minimum Gasteiger partial charge on any atom is -0.478 e. The third-order valence-electron chi connectivity index (χ3n) is 2.90. The second-order valence-electron chi connectivity index (χ2n) is 4.21. The van der Waals surface area contributed by atoms with Crippen LogP contribution in [0.3, 0.4) is 0 Å². The van der Waals surface area contributed by atoms with E-state index in [1.54, 1.807) is 13.0 Å². The van der Waals surface area contributed by atoms with Crippen molar-refractivity contribution in [2.24, 2.45) is 0 Å². The van der Waals surface area contributed by atoms with Gasteiger partial charge >= 0.3 is 14.5 Å². The van der Waals surface area contributed by atoms with Crippen LogP contribution < -0.4 is 0 Å². The molecule has 0 bridgehead atoms. The van der Waals surface area contributed by atoms with E-state index in [9.17, 15) is 4.79 Å². The van der Waals surface area contributed by atoms with E-state index in [1.807, 2.05) is 13.8 Å². The van der Waals surface area contributed by atoms with Crippen LogP contribution in [0.1, 0.15) is 40.5 Å². The largest absolute Gasteiger partial charge is 0.478 e. The van der Waals surface area contributed by atoms with Gasteiger partial charge in [0.1, 0.15) is 0 Å². The maximum Gasteiger partial charge on any atom is 0.337 e. The fourth-order valence-electron chi connectivity index (χ4n) is 1.87. The molecule has 0 atom stereocenters. The van der Waals surface area contributed by atoms with Crippen LogP contribution in [0.25, 0.3) is 0 Å². The molecule has 0 aromatic heterocycles. The van der Waals surface area contributed by atoms with Crippen molar-refractivity contribution in [1.82, 2.24) is 0 Å². The molecule has 106 valence electrons. The Hall–Kier alpha value is -0.653. The zero-order valence-corrected chi connectivity index (χ0v) is 13.0. The summed E-state index contributed by atoms with van der Waals surface area (Å²) in [5, 5.41) is 8.75. The van der Waals surface area contributed by atoms with Gasteiger partial charge in [0.15, 0.2) is 0 Å². The first-order valence-corrected chi connectivity index (χ1v) is 8.92. The molecule has 0 aromatic rings. The maximum atomic E-state index is 10.6. The summed E-state index contributed by atoms with van der Waals surface area (Å²) in [6.45, 7) is 9.08. The van der Waals surface area contributed by atoms with Crippen molar-refractivity contribution in [3.63, 3.8) is 0 Å². The van der Waals surface area contributed by atoms with Crippen molar-refractivity contribution in [3.8, 4) is 0 Å². The first-order valence-electron chi connectivity index (χ1n) is 6.69. The number of carbonyl (C=O) groups is 1. The number of rotatable bonds is 10. The van der Waals surface area contributed by atoms with Crippen molar-refractivity contribution < 1.29 is 18.8 Å². The summed E-state index contributed by atoms with van der Waals surface area (Å²) in [4.78, 5) is 10.6. The van der Waals surface area contributed by atoms with E-state index in [-0.39, 0.29) is 0 Å². The lowest BCUT2D eigenvalue weighted by Gasteiger charge is -2.28. The Labute approximate surface area is 111 Å². The predicted molar refractivity (Wildman–Crippen MR) is 74.9 cm³/mol. The van der Waals surface area contributed by atoms with Crippen LogP contribution in [0, 0.1) is 0 Å². The zero-order valence-electron chi connectivity index (χ0n) is 12.0. The number of allylic oxidation sites excluding steroid dienone is 1. The summed E-state index contributed by atoms with van der Waals surface area (Å²) in [5.41, 5.74) is 0.409.